The van der Waals surface area contributed by atoms with Gasteiger partial charge in [-0.1, -0.05) is 160 Å². The second-order valence-electron chi connectivity index (χ2n) is 16.5. The van der Waals surface area contributed by atoms with Gasteiger partial charge >= 0.3 is 0 Å². The van der Waals surface area contributed by atoms with Crippen molar-refractivity contribution in [2.75, 3.05) is 13.2 Å². The zero-order valence-electron chi connectivity index (χ0n) is 36.1. The van der Waals surface area contributed by atoms with Crippen LogP contribution in [-0.4, -0.2) is 110 Å². The van der Waals surface area contributed by atoms with E-state index in [0.717, 1.165) is 51.4 Å². The van der Waals surface area contributed by atoms with Crippen LogP contribution in [0.4, 0.5) is 0 Å². The monoisotopic (exact) mass is 814 g/mol. The van der Waals surface area contributed by atoms with Crippen LogP contribution >= 0.6 is 0 Å². The van der Waals surface area contributed by atoms with E-state index in [0.29, 0.717) is 19.3 Å². The number of aliphatic hydroxyl groups excluding tert-OH is 7. The first-order valence-corrected chi connectivity index (χ1v) is 23.2. The first kappa shape index (κ1) is 53.6. The summed E-state index contributed by atoms with van der Waals surface area (Å²) >= 11 is 0. The van der Waals surface area contributed by atoms with Crippen LogP contribution in [-0.2, 0) is 14.3 Å². The van der Waals surface area contributed by atoms with Crippen LogP contribution in [0.2, 0.25) is 0 Å². The number of aliphatic hydroxyl groups is 7. The van der Waals surface area contributed by atoms with Crippen LogP contribution in [0.5, 0.6) is 0 Å². The zero-order chi connectivity index (χ0) is 41.9. The lowest BCUT2D eigenvalue weighted by molar-refractivity contribution is -0.303. The molecule has 11 nitrogen and oxygen atoms in total. The van der Waals surface area contributed by atoms with Crippen LogP contribution in [0, 0.1) is 0 Å². The van der Waals surface area contributed by atoms with Crippen molar-refractivity contribution >= 4 is 5.91 Å². The molecule has 57 heavy (non-hydrogen) atoms. The van der Waals surface area contributed by atoms with Crippen molar-refractivity contribution in [2.24, 2.45) is 0 Å². The Morgan fingerprint density at radius 2 is 1.05 bits per heavy atom. The van der Waals surface area contributed by atoms with Crippen LogP contribution in [0.25, 0.3) is 0 Å². The summed E-state index contributed by atoms with van der Waals surface area (Å²) in [6, 6.07) is -1.17. The molecule has 0 aromatic carbocycles. The fourth-order valence-corrected chi connectivity index (χ4v) is 7.32. The van der Waals surface area contributed by atoms with E-state index in [9.17, 15) is 40.5 Å². The molecule has 0 saturated carbocycles. The van der Waals surface area contributed by atoms with E-state index in [4.69, 9.17) is 9.47 Å². The molecule has 1 saturated heterocycles. The van der Waals surface area contributed by atoms with Gasteiger partial charge in [-0.25, -0.2) is 0 Å². The van der Waals surface area contributed by atoms with Crippen molar-refractivity contribution in [1.29, 1.82) is 0 Å². The largest absolute Gasteiger partial charge is 0.394 e. The third-order valence-corrected chi connectivity index (χ3v) is 11.2. The van der Waals surface area contributed by atoms with Gasteiger partial charge in [-0.15, -0.1) is 0 Å². The Morgan fingerprint density at radius 1 is 0.596 bits per heavy atom. The molecule has 1 amide bonds. The predicted octanol–water partition coefficient (Wildman–Crippen LogP) is 7.45. The number of hydrogen-bond acceptors (Lipinski definition) is 10. The van der Waals surface area contributed by atoms with Gasteiger partial charge in [0.25, 0.3) is 0 Å². The Kier molecular flexibility index (Phi) is 34.3. The van der Waals surface area contributed by atoms with E-state index < -0.39 is 74.2 Å². The fraction of sp³-hybridized carbons (Fsp3) is 0.891. The minimum atomic E-state index is -1.66. The van der Waals surface area contributed by atoms with Crippen LogP contribution in [0.3, 0.4) is 0 Å². The summed E-state index contributed by atoms with van der Waals surface area (Å²) in [7, 11) is 0. The van der Waals surface area contributed by atoms with Crippen molar-refractivity contribution in [3.8, 4) is 0 Å². The second-order valence-corrected chi connectivity index (χ2v) is 16.5. The Morgan fingerprint density at radius 3 is 1.54 bits per heavy atom. The summed E-state index contributed by atoms with van der Waals surface area (Å²) in [4.78, 5) is 13.1. The highest BCUT2D eigenvalue weighted by Crippen LogP contribution is 2.23. The number of rotatable bonds is 38. The molecule has 0 unspecified atom stereocenters. The number of nitrogens with one attached hydrogen (secondary N) is 1. The highest BCUT2D eigenvalue weighted by molar-refractivity contribution is 5.80. The topological polar surface area (TPSA) is 189 Å². The molecule has 9 atom stereocenters. The molecule has 336 valence electrons. The Balaban J connectivity index is 2.46. The summed E-state index contributed by atoms with van der Waals surface area (Å²) in [5.74, 6) is -0.704. The normalized spacial score (nSPS) is 22.3. The van der Waals surface area contributed by atoms with E-state index in [-0.39, 0.29) is 6.42 Å². The maximum absolute atomic E-state index is 13.1. The average molecular weight is 814 g/mol. The van der Waals surface area contributed by atoms with E-state index in [1.807, 2.05) is 0 Å². The molecule has 0 spiro atoms. The summed E-state index contributed by atoms with van der Waals surface area (Å²) in [6.07, 6.45) is 27.9. The molecule has 0 aliphatic carbocycles. The van der Waals surface area contributed by atoms with Gasteiger partial charge in [0, 0.05) is 0 Å². The summed E-state index contributed by atoms with van der Waals surface area (Å²) < 4.78 is 11.1. The third kappa shape index (κ3) is 26.4. The zero-order valence-corrected chi connectivity index (χ0v) is 36.1. The lowest BCUT2D eigenvalue weighted by Crippen LogP contribution is -2.60. The van der Waals surface area contributed by atoms with E-state index in [1.54, 1.807) is 0 Å². The van der Waals surface area contributed by atoms with Crippen molar-refractivity contribution < 1.29 is 50.0 Å². The average Bonchev–Trinajstić information content (AvgIpc) is 3.21. The van der Waals surface area contributed by atoms with E-state index >= 15 is 0 Å². The summed E-state index contributed by atoms with van der Waals surface area (Å²) in [5.41, 5.74) is 0. The quantitative estimate of drug-likeness (QED) is 0.0230. The van der Waals surface area contributed by atoms with Gasteiger partial charge in [0.15, 0.2) is 6.29 Å². The molecular weight excluding hydrogens is 727 g/mol. The molecule has 11 heteroatoms. The van der Waals surface area contributed by atoms with Crippen molar-refractivity contribution in [3.05, 3.63) is 24.3 Å². The molecule has 1 rings (SSSR count). The highest BCUT2D eigenvalue weighted by atomic mass is 16.7. The molecule has 1 aliphatic rings. The molecule has 0 aromatic rings. The molecule has 8 N–H and O–H groups in total. The number of unbranched alkanes of at least 4 members (excludes halogenated alkanes) is 22. The highest BCUT2D eigenvalue weighted by Gasteiger charge is 2.44. The molecule has 1 aliphatic heterocycles. The predicted molar refractivity (Wildman–Crippen MR) is 229 cm³/mol. The van der Waals surface area contributed by atoms with Gasteiger partial charge < -0.3 is 50.5 Å². The molecule has 0 radical (unpaired) electrons. The SMILES string of the molecule is CCC/C=C\CCCCCCCCCCCCC[C@@H](O)C(=O)N[C@@H](CO[C@@H]1O[C@H](CO)[C@@H](O)[C@H](O)[C@H]1O)[C@H](O)[C@H](O)CCCCCC/C=C\CCCCCCCC. The van der Waals surface area contributed by atoms with Crippen molar-refractivity contribution in [2.45, 2.75) is 249 Å². The number of allylic oxidation sites excluding steroid dienone is 4. The second kappa shape index (κ2) is 36.4. The van der Waals surface area contributed by atoms with Gasteiger partial charge in [-0.2, -0.15) is 0 Å². The molecular formula is C46H87NO10. The molecule has 1 heterocycles. The van der Waals surface area contributed by atoms with Gasteiger partial charge in [0.05, 0.1) is 25.4 Å². The maximum Gasteiger partial charge on any atom is 0.249 e. The number of carbonyl (C=O) groups excluding carboxylic acids is 1. The molecule has 0 aromatic heterocycles. The first-order valence-electron chi connectivity index (χ1n) is 23.2. The Labute approximate surface area is 346 Å². The fourth-order valence-electron chi connectivity index (χ4n) is 7.32. The Hall–Kier alpha value is -1.41. The summed E-state index contributed by atoms with van der Waals surface area (Å²) in [5, 5.41) is 75.6. The van der Waals surface area contributed by atoms with Crippen molar-refractivity contribution in [3.63, 3.8) is 0 Å². The summed E-state index contributed by atoms with van der Waals surface area (Å²) in [6.45, 7) is 3.37. The van der Waals surface area contributed by atoms with Crippen LogP contribution in [0.1, 0.15) is 194 Å². The number of ether oxygens (including phenoxy) is 2. The van der Waals surface area contributed by atoms with Crippen LogP contribution in [0.15, 0.2) is 24.3 Å². The van der Waals surface area contributed by atoms with E-state index in [1.165, 1.54) is 103 Å². The van der Waals surface area contributed by atoms with Gasteiger partial charge in [0.2, 0.25) is 5.91 Å². The maximum atomic E-state index is 13.1. The number of amides is 1. The van der Waals surface area contributed by atoms with E-state index in [2.05, 4.69) is 43.5 Å². The minimum absolute atomic E-state index is 0.257. The number of carbonyl (C=O) groups is 1. The molecule has 1 fully saturated rings. The lowest BCUT2D eigenvalue weighted by Gasteiger charge is -2.40. The van der Waals surface area contributed by atoms with Gasteiger partial charge in [-0.3, -0.25) is 4.79 Å². The third-order valence-electron chi connectivity index (χ3n) is 11.2. The van der Waals surface area contributed by atoms with Gasteiger partial charge in [0.1, 0.15) is 36.6 Å². The molecule has 0 bridgehead atoms. The van der Waals surface area contributed by atoms with Crippen molar-refractivity contribution in [1.82, 2.24) is 5.32 Å². The Bertz CT molecular complexity index is 981. The standard InChI is InChI=1S/C46H87NO10/c1-3-5-7-9-11-13-15-17-19-20-22-24-26-28-30-32-34-39(50)45(55)47-37(36-56-46-44(54)43(53)42(52)40(35-48)57-46)41(51)38(49)33-31-29-27-25-23-21-18-16-14-12-10-8-6-4-2/h7,9,18,21,37-44,46,48-54H,3-6,8,10-17,19-20,22-36H2,1-2H3,(H,47,55)/b9-7-,21-18-/t37-,38+,39+,40+,41-,42+,43-,44+,46+/m0/s1. The van der Waals surface area contributed by atoms with Crippen LogP contribution < -0.4 is 5.32 Å². The smallest absolute Gasteiger partial charge is 0.249 e. The lowest BCUT2D eigenvalue weighted by atomic mass is 9.98. The number of hydrogen-bond donors (Lipinski definition) is 8. The first-order chi connectivity index (χ1) is 27.7. The van der Waals surface area contributed by atoms with Gasteiger partial charge in [-0.05, 0) is 57.8 Å². The minimum Gasteiger partial charge on any atom is -0.394 e.